The van der Waals surface area contributed by atoms with Crippen LogP contribution in [0.15, 0.2) is 72.9 Å². The third-order valence-corrected chi connectivity index (χ3v) is 12.5. The fraction of sp³-hybridized carbons (Fsp3) is 0.741. The van der Waals surface area contributed by atoms with Crippen LogP contribution in [0.1, 0.15) is 239 Å². The highest BCUT2D eigenvalue weighted by molar-refractivity contribution is 7.47. The number of aliphatic hydroxyl groups is 1. The van der Waals surface area contributed by atoms with E-state index in [9.17, 15) is 28.9 Å². The van der Waals surface area contributed by atoms with Gasteiger partial charge in [-0.3, -0.25) is 23.4 Å². The van der Waals surface area contributed by atoms with Gasteiger partial charge < -0.3 is 24.2 Å². The maximum atomic E-state index is 12.9. The highest BCUT2D eigenvalue weighted by atomic mass is 31.2. The lowest BCUT2D eigenvalue weighted by atomic mass is 10.1. The number of phosphoric acid groups is 1. The van der Waals surface area contributed by atoms with Crippen LogP contribution in [0.2, 0.25) is 0 Å². The molecule has 0 aliphatic heterocycles. The van der Waals surface area contributed by atoms with Gasteiger partial charge in [0.05, 0.1) is 19.8 Å². The number of phosphoric ester groups is 1. The molecule has 12 heteroatoms. The number of hydrogen-bond acceptors (Lipinski definition) is 10. The molecule has 3 atom stereocenters. The molecule has 0 aromatic carbocycles. The number of aliphatic hydroxyl groups excluding tert-OH is 1. The molecule has 0 aromatic rings. The van der Waals surface area contributed by atoms with E-state index in [-0.39, 0.29) is 25.9 Å². The van der Waals surface area contributed by atoms with Gasteiger partial charge in [-0.2, -0.15) is 0 Å². The van der Waals surface area contributed by atoms with Crippen LogP contribution in [0.5, 0.6) is 0 Å². The molecule has 0 aliphatic rings. The summed E-state index contributed by atoms with van der Waals surface area (Å²) in [6.07, 6.45) is 57.2. The van der Waals surface area contributed by atoms with Gasteiger partial charge in [0.15, 0.2) is 6.10 Å². The van der Waals surface area contributed by atoms with Crippen molar-refractivity contribution in [3.8, 4) is 0 Å². The minimum absolute atomic E-state index is 0.151. The minimum Gasteiger partial charge on any atom is -0.462 e. The molecular weight excluding hydrogens is 904 g/mol. The van der Waals surface area contributed by atoms with Crippen LogP contribution in [0.4, 0.5) is 0 Å². The Labute approximate surface area is 427 Å². The molecule has 0 amide bonds. The quantitative estimate of drug-likeness (QED) is 0.0197. The fourth-order valence-corrected chi connectivity index (χ4v) is 8.13. The predicted molar refractivity (Wildman–Crippen MR) is 288 cm³/mol. The first-order chi connectivity index (χ1) is 34.2. The van der Waals surface area contributed by atoms with Crippen molar-refractivity contribution in [2.24, 2.45) is 0 Å². The summed E-state index contributed by atoms with van der Waals surface area (Å²) in [7, 11) is -4.76. The first-order valence-electron chi connectivity index (χ1n) is 27.8. The van der Waals surface area contributed by atoms with Crippen LogP contribution in [0.25, 0.3) is 0 Å². The van der Waals surface area contributed by atoms with Crippen molar-refractivity contribution in [1.82, 2.24) is 0 Å². The maximum absolute atomic E-state index is 12.9. The molecule has 2 N–H and O–H groups in total. The van der Waals surface area contributed by atoms with Gasteiger partial charge in [-0.05, 0) is 103 Å². The van der Waals surface area contributed by atoms with E-state index in [0.29, 0.717) is 19.3 Å². The van der Waals surface area contributed by atoms with Gasteiger partial charge in [-0.1, -0.05) is 190 Å². The standard InChI is InChI=1S/C58H101O11P/c1-4-7-10-13-16-19-22-25-27-30-32-35-38-41-44-47-56(60)65-51-55(69-58(62)49-46-43-40-37-34-31-28-26-23-20-17-14-11-8-5-2)53-67-70(63,64)66-52-54(50-59)68-57(61)48-45-42-39-36-33-29-24-21-18-15-12-9-6-3/h7,10,12,15-16,19,21,24-28,54-55,59H,4-6,8-9,11,13-14,17-18,20,22-23,29-53H2,1-3H3,(H,63,64)/b10-7-,15-12-,19-16-,24-21-,27-25-,28-26-. The summed E-state index contributed by atoms with van der Waals surface area (Å²) in [4.78, 5) is 48.4. The van der Waals surface area contributed by atoms with Crippen molar-refractivity contribution >= 4 is 25.7 Å². The zero-order valence-corrected chi connectivity index (χ0v) is 45.4. The van der Waals surface area contributed by atoms with Crippen molar-refractivity contribution in [3.63, 3.8) is 0 Å². The maximum Gasteiger partial charge on any atom is 0.472 e. The van der Waals surface area contributed by atoms with Crippen molar-refractivity contribution in [1.29, 1.82) is 0 Å². The molecule has 70 heavy (non-hydrogen) atoms. The number of allylic oxidation sites excluding steroid dienone is 12. The summed E-state index contributed by atoms with van der Waals surface area (Å²) in [6.45, 7) is 4.42. The second-order valence-electron chi connectivity index (χ2n) is 18.4. The summed E-state index contributed by atoms with van der Waals surface area (Å²) >= 11 is 0. The van der Waals surface area contributed by atoms with E-state index < -0.39 is 57.8 Å². The van der Waals surface area contributed by atoms with Crippen molar-refractivity contribution in [2.45, 2.75) is 251 Å². The van der Waals surface area contributed by atoms with E-state index in [0.717, 1.165) is 135 Å². The van der Waals surface area contributed by atoms with Crippen LogP contribution in [0, 0.1) is 0 Å². The number of hydrogen-bond donors (Lipinski definition) is 2. The summed E-state index contributed by atoms with van der Waals surface area (Å²) in [5.41, 5.74) is 0. The Bertz CT molecular complexity index is 1450. The Balaban J connectivity index is 4.78. The Morgan fingerprint density at radius 2 is 0.771 bits per heavy atom. The zero-order chi connectivity index (χ0) is 51.3. The highest BCUT2D eigenvalue weighted by Gasteiger charge is 2.28. The molecule has 11 nitrogen and oxygen atoms in total. The van der Waals surface area contributed by atoms with Gasteiger partial charge in [0.2, 0.25) is 0 Å². The lowest BCUT2D eigenvalue weighted by molar-refractivity contribution is -0.161. The average molecular weight is 1010 g/mol. The van der Waals surface area contributed by atoms with Crippen LogP contribution >= 0.6 is 7.82 Å². The molecular formula is C58H101O11P. The summed E-state index contributed by atoms with van der Waals surface area (Å²) < 4.78 is 39.4. The van der Waals surface area contributed by atoms with Crippen molar-refractivity contribution in [2.75, 3.05) is 26.4 Å². The number of ether oxygens (including phenoxy) is 3. The number of esters is 3. The van der Waals surface area contributed by atoms with Gasteiger partial charge in [0.1, 0.15) is 12.7 Å². The van der Waals surface area contributed by atoms with Crippen molar-refractivity contribution in [3.05, 3.63) is 72.9 Å². The van der Waals surface area contributed by atoms with Crippen LogP contribution < -0.4 is 0 Å². The SMILES string of the molecule is CC/C=C\C/C=C\C/C=C\CCCCCCCC(=O)OCC(COP(=O)(O)OCC(CO)OC(=O)CCCCCCC/C=C\C/C=C\CCC)OC(=O)CCCCCCC/C=C\CCCCCCCC. The Kier molecular flexibility index (Phi) is 50.0. The molecule has 0 spiro atoms. The second-order valence-corrected chi connectivity index (χ2v) is 19.8. The highest BCUT2D eigenvalue weighted by Crippen LogP contribution is 2.43. The topological polar surface area (TPSA) is 155 Å². The van der Waals surface area contributed by atoms with Gasteiger partial charge in [-0.25, -0.2) is 4.57 Å². The van der Waals surface area contributed by atoms with Gasteiger partial charge in [0.25, 0.3) is 0 Å². The average Bonchev–Trinajstić information content (AvgIpc) is 3.35. The molecule has 0 rings (SSSR count). The largest absolute Gasteiger partial charge is 0.472 e. The molecule has 0 fully saturated rings. The number of carbonyl (C=O) groups is 3. The summed E-state index contributed by atoms with van der Waals surface area (Å²) in [6, 6.07) is 0. The fourth-order valence-electron chi connectivity index (χ4n) is 7.34. The molecule has 0 bridgehead atoms. The molecule has 0 saturated heterocycles. The number of rotatable bonds is 51. The Morgan fingerprint density at radius 1 is 0.414 bits per heavy atom. The Hall–Kier alpha value is -3.08. The zero-order valence-electron chi connectivity index (χ0n) is 44.5. The first kappa shape index (κ1) is 66.9. The van der Waals surface area contributed by atoms with E-state index >= 15 is 0 Å². The smallest absolute Gasteiger partial charge is 0.462 e. The lowest BCUT2D eigenvalue weighted by Gasteiger charge is -2.21. The van der Waals surface area contributed by atoms with Gasteiger partial charge in [-0.15, -0.1) is 0 Å². The van der Waals surface area contributed by atoms with Gasteiger partial charge >= 0.3 is 25.7 Å². The molecule has 404 valence electrons. The molecule has 0 radical (unpaired) electrons. The predicted octanol–water partition coefficient (Wildman–Crippen LogP) is 16.1. The second kappa shape index (κ2) is 52.2. The van der Waals surface area contributed by atoms with Crippen molar-refractivity contribution < 1.29 is 52.2 Å². The number of unbranched alkanes of at least 4 members (excludes halogenated alkanes) is 22. The van der Waals surface area contributed by atoms with Gasteiger partial charge in [0, 0.05) is 19.3 Å². The Morgan fingerprint density at radius 3 is 1.21 bits per heavy atom. The van der Waals surface area contributed by atoms with E-state index in [1.807, 2.05) is 0 Å². The molecule has 3 unspecified atom stereocenters. The molecule has 0 aromatic heterocycles. The number of carbonyl (C=O) groups excluding carboxylic acids is 3. The summed E-state index contributed by atoms with van der Waals surface area (Å²) in [5, 5.41) is 9.79. The van der Waals surface area contributed by atoms with E-state index in [1.54, 1.807) is 0 Å². The van der Waals surface area contributed by atoms with E-state index in [1.165, 1.54) is 44.9 Å². The molecule has 0 saturated carbocycles. The van der Waals surface area contributed by atoms with Crippen LogP contribution in [0.3, 0.4) is 0 Å². The third kappa shape index (κ3) is 49.9. The molecule has 0 heterocycles. The van der Waals surface area contributed by atoms with Crippen LogP contribution in [-0.4, -0.2) is 66.5 Å². The molecule has 0 aliphatic carbocycles. The summed E-state index contributed by atoms with van der Waals surface area (Å²) in [5.74, 6) is -1.51. The lowest BCUT2D eigenvalue weighted by Crippen LogP contribution is -2.30. The first-order valence-corrected chi connectivity index (χ1v) is 29.3. The van der Waals surface area contributed by atoms with E-state index in [4.69, 9.17) is 23.3 Å². The normalized spacial score (nSPS) is 14.0. The third-order valence-electron chi connectivity index (χ3n) is 11.6. The minimum atomic E-state index is -4.76. The van der Waals surface area contributed by atoms with Crippen LogP contribution in [-0.2, 0) is 42.2 Å². The van der Waals surface area contributed by atoms with E-state index in [2.05, 4.69) is 93.7 Å². The monoisotopic (exact) mass is 1000 g/mol.